The number of nitrogens with two attached hydrogens (primary N) is 1. The second kappa shape index (κ2) is 5.75. The van der Waals surface area contributed by atoms with Gasteiger partial charge >= 0.3 is 5.97 Å². The normalized spacial score (nSPS) is 12.0. The summed E-state index contributed by atoms with van der Waals surface area (Å²) in [5.41, 5.74) is 6.23. The molecule has 1 aromatic rings. The average Bonchev–Trinajstić information content (AvgIpc) is 2.31. The molecule has 1 unspecified atom stereocenters. The fourth-order valence-corrected chi connectivity index (χ4v) is 1.61. The molecule has 0 saturated heterocycles. The molecule has 1 rings (SSSR count). The van der Waals surface area contributed by atoms with E-state index in [9.17, 15) is 9.90 Å². The molecule has 0 saturated carbocycles. The van der Waals surface area contributed by atoms with E-state index in [0.29, 0.717) is 10.6 Å². The number of hydrogen-bond donors (Lipinski definition) is 2. The van der Waals surface area contributed by atoms with Gasteiger partial charge in [0.2, 0.25) is 0 Å². The van der Waals surface area contributed by atoms with Gasteiger partial charge in [0.25, 0.3) is 0 Å². The van der Waals surface area contributed by atoms with E-state index in [1.54, 1.807) is 6.07 Å². The molecule has 0 bridgehead atoms. The lowest BCUT2D eigenvalue weighted by atomic mass is 10.1. The molecule has 0 aliphatic rings. The molecule has 1 aromatic carbocycles. The molecule has 17 heavy (non-hydrogen) atoms. The van der Waals surface area contributed by atoms with Gasteiger partial charge in [-0.05, 0) is 18.1 Å². The predicted molar refractivity (Wildman–Crippen MR) is 63.4 cm³/mol. The van der Waals surface area contributed by atoms with Crippen molar-refractivity contribution in [3.05, 3.63) is 22.7 Å². The number of hydrogen-bond acceptors (Lipinski definition) is 5. The maximum Gasteiger partial charge on any atom is 0.322 e. The van der Waals surface area contributed by atoms with Crippen molar-refractivity contribution in [2.24, 2.45) is 5.73 Å². The Kier molecular flexibility index (Phi) is 4.60. The van der Waals surface area contributed by atoms with Crippen molar-refractivity contribution in [2.75, 3.05) is 14.2 Å². The minimum absolute atomic E-state index is 0.0621. The van der Waals surface area contributed by atoms with E-state index in [1.165, 1.54) is 20.3 Å². The molecular formula is C11H14ClNO4. The summed E-state index contributed by atoms with van der Waals surface area (Å²) in [4.78, 5) is 11.2. The van der Waals surface area contributed by atoms with Crippen molar-refractivity contribution < 1.29 is 19.4 Å². The zero-order valence-corrected chi connectivity index (χ0v) is 10.3. The molecule has 0 amide bonds. The third-order valence-electron chi connectivity index (χ3n) is 2.29. The number of phenolic OH excluding ortho intramolecular Hbond substituents is 1. The molecule has 0 fully saturated rings. The first kappa shape index (κ1) is 13.6. The van der Waals surface area contributed by atoms with Crippen molar-refractivity contribution >= 4 is 17.6 Å². The fourth-order valence-electron chi connectivity index (χ4n) is 1.38. The third-order valence-corrected chi connectivity index (χ3v) is 2.64. The van der Waals surface area contributed by atoms with Crippen LogP contribution >= 0.6 is 11.6 Å². The summed E-state index contributed by atoms with van der Waals surface area (Å²) in [6.07, 6.45) is 0.210. The number of methoxy groups -OCH3 is 2. The van der Waals surface area contributed by atoms with Crippen LogP contribution in [0.1, 0.15) is 5.56 Å². The van der Waals surface area contributed by atoms with Gasteiger partial charge in [0.1, 0.15) is 6.04 Å². The maximum atomic E-state index is 11.2. The zero-order valence-electron chi connectivity index (χ0n) is 9.57. The number of halogens is 1. The lowest BCUT2D eigenvalue weighted by molar-refractivity contribution is -0.142. The molecule has 94 valence electrons. The predicted octanol–water partition coefficient (Wildman–Crippen LogP) is 1.10. The number of rotatable bonds is 4. The van der Waals surface area contributed by atoms with Crippen molar-refractivity contribution in [1.82, 2.24) is 0 Å². The average molecular weight is 260 g/mol. The highest BCUT2D eigenvalue weighted by Gasteiger charge is 2.17. The molecular weight excluding hydrogens is 246 g/mol. The number of phenols is 1. The standard InChI is InChI=1S/C11H14ClNO4/c1-16-10-4-6(7(12)5-9(10)14)3-8(13)11(15)17-2/h4-5,8,14H,3,13H2,1-2H3. The Morgan fingerprint density at radius 2 is 2.18 bits per heavy atom. The van der Waals surface area contributed by atoms with Crippen LogP contribution in [-0.4, -0.2) is 31.3 Å². The van der Waals surface area contributed by atoms with Crippen molar-refractivity contribution in [2.45, 2.75) is 12.5 Å². The number of carbonyl (C=O) groups excluding carboxylic acids is 1. The smallest absolute Gasteiger partial charge is 0.322 e. The molecule has 0 aromatic heterocycles. The van der Waals surface area contributed by atoms with Crippen LogP contribution in [0.4, 0.5) is 0 Å². The highest BCUT2D eigenvalue weighted by molar-refractivity contribution is 6.31. The summed E-state index contributed by atoms with van der Waals surface area (Å²) < 4.78 is 9.46. The third kappa shape index (κ3) is 3.25. The van der Waals surface area contributed by atoms with Crippen molar-refractivity contribution in [1.29, 1.82) is 0 Å². The van der Waals surface area contributed by atoms with E-state index in [1.807, 2.05) is 0 Å². The number of benzene rings is 1. The van der Waals surface area contributed by atoms with Gasteiger partial charge in [-0.15, -0.1) is 0 Å². The molecule has 0 aliphatic heterocycles. The molecule has 5 nitrogen and oxygen atoms in total. The largest absolute Gasteiger partial charge is 0.504 e. The fraction of sp³-hybridized carbons (Fsp3) is 0.364. The van der Waals surface area contributed by atoms with Crippen LogP contribution in [0.25, 0.3) is 0 Å². The number of ether oxygens (including phenoxy) is 2. The first-order chi connectivity index (χ1) is 7.99. The van der Waals surface area contributed by atoms with Crippen molar-refractivity contribution in [3.63, 3.8) is 0 Å². The van der Waals surface area contributed by atoms with Gasteiger partial charge in [-0.25, -0.2) is 0 Å². The van der Waals surface area contributed by atoms with Crippen LogP contribution in [-0.2, 0) is 16.0 Å². The maximum absolute atomic E-state index is 11.2. The van der Waals surface area contributed by atoms with E-state index >= 15 is 0 Å². The Balaban J connectivity index is 2.94. The summed E-state index contributed by atoms with van der Waals surface area (Å²) in [6, 6.07) is 2.09. The monoisotopic (exact) mass is 259 g/mol. The van der Waals surface area contributed by atoms with Gasteiger partial charge in [-0.2, -0.15) is 0 Å². The Morgan fingerprint density at radius 3 is 2.71 bits per heavy atom. The Bertz CT molecular complexity index is 422. The van der Waals surface area contributed by atoms with E-state index in [4.69, 9.17) is 22.1 Å². The van der Waals surface area contributed by atoms with Gasteiger partial charge in [0.05, 0.1) is 14.2 Å². The minimum atomic E-state index is -0.799. The van der Waals surface area contributed by atoms with E-state index in [2.05, 4.69) is 4.74 Å². The second-order valence-electron chi connectivity index (χ2n) is 3.45. The van der Waals surface area contributed by atoms with Crippen LogP contribution in [0.15, 0.2) is 12.1 Å². The lowest BCUT2D eigenvalue weighted by Gasteiger charge is -2.12. The first-order valence-corrected chi connectivity index (χ1v) is 5.26. The number of aromatic hydroxyl groups is 1. The van der Waals surface area contributed by atoms with Crippen molar-refractivity contribution in [3.8, 4) is 11.5 Å². The lowest BCUT2D eigenvalue weighted by Crippen LogP contribution is -2.33. The molecule has 0 aliphatic carbocycles. The van der Waals surface area contributed by atoms with Gasteiger partial charge in [-0.1, -0.05) is 11.6 Å². The topological polar surface area (TPSA) is 81.8 Å². The van der Waals surface area contributed by atoms with E-state index in [-0.39, 0.29) is 17.9 Å². The SMILES string of the molecule is COC(=O)C(N)Cc1cc(OC)c(O)cc1Cl. The Hall–Kier alpha value is -1.46. The van der Waals surface area contributed by atoms with E-state index < -0.39 is 12.0 Å². The van der Waals surface area contributed by atoms with Crippen LogP contribution in [0.5, 0.6) is 11.5 Å². The number of esters is 1. The summed E-state index contributed by atoms with van der Waals surface area (Å²) in [7, 11) is 2.69. The highest BCUT2D eigenvalue weighted by atomic mass is 35.5. The summed E-state index contributed by atoms with van der Waals surface area (Å²) in [5.74, 6) is -0.303. The van der Waals surface area contributed by atoms with Gasteiger partial charge in [0.15, 0.2) is 11.5 Å². The summed E-state index contributed by atoms with van der Waals surface area (Å²) >= 11 is 5.93. The Morgan fingerprint density at radius 1 is 1.53 bits per heavy atom. The Labute approximate surface area is 104 Å². The van der Waals surface area contributed by atoms with Gasteiger partial charge in [0, 0.05) is 11.1 Å². The van der Waals surface area contributed by atoms with Crippen LogP contribution in [0.3, 0.4) is 0 Å². The second-order valence-corrected chi connectivity index (χ2v) is 3.86. The number of carbonyl (C=O) groups is 1. The molecule has 0 radical (unpaired) electrons. The van der Waals surface area contributed by atoms with Crippen LogP contribution < -0.4 is 10.5 Å². The molecule has 3 N–H and O–H groups in total. The van der Waals surface area contributed by atoms with Crippen LogP contribution in [0.2, 0.25) is 5.02 Å². The zero-order chi connectivity index (χ0) is 13.0. The van der Waals surface area contributed by atoms with Gasteiger partial charge < -0.3 is 20.3 Å². The van der Waals surface area contributed by atoms with Crippen LogP contribution in [0, 0.1) is 0 Å². The summed E-state index contributed by atoms with van der Waals surface area (Å²) in [6.45, 7) is 0. The minimum Gasteiger partial charge on any atom is -0.504 e. The molecule has 6 heteroatoms. The first-order valence-electron chi connectivity index (χ1n) is 4.88. The molecule has 0 heterocycles. The highest BCUT2D eigenvalue weighted by Crippen LogP contribution is 2.32. The summed E-state index contributed by atoms with van der Waals surface area (Å²) in [5, 5.41) is 9.79. The molecule has 0 spiro atoms. The van der Waals surface area contributed by atoms with Gasteiger partial charge in [-0.3, -0.25) is 4.79 Å². The van der Waals surface area contributed by atoms with E-state index in [0.717, 1.165) is 0 Å². The quantitative estimate of drug-likeness (QED) is 0.792. The molecule has 1 atom stereocenters.